The molecule has 3 heterocycles. The molecule has 2 fully saturated rings. The maximum atomic E-state index is 13.5. The van der Waals surface area contributed by atoms with Gasteiger partial charge in [-0.05, 0) is 107 Å². The number of methoxy groups -OCH3 is 1. The van der Waals surface area contributed by atoms with Crippen molar-refractivity contribution in [3.63, 3.8) is 0 Å². The van der Waals surface area contributed by atoms with Gasteiger partial charge < -0.3 is 24.8 Å². The van der Waals surface area contributed by atoms with E-state index in [0.717, 1.165) is 28.0 Å². The van der Waals surface area contributed by atoms with E-state index in [1.807, 2.05) is 30.3 Å². The number of aromatic hydroxyl groups is 1. The Morgan fingerprint density at radius 1 is 1.16 bits per heavy atom. The largest absolute Gasteiger partial charge is 0.504 e. The Kier molecular flexibility index (Phi) is 10.4. The van der Waals surface area contributed by atoms with Gasteiger partial charge in [0.1, 0.15) is 0 Å². The van der Waals surface area contributed by atoms with E-state index in [1.54, 1.807) is 12.3 Å². The van der Waals surface area contributed by atoms with Crippen LogP contribution in [0.5, 0.6) is 11.5 Å². The topological polar surface area (TPSA) is 146 Å². The summed E-state index contributed by atoms with van der Waals surface area (Å²) >= 11 is 2.07. The molecule has 3 aliphatic rings. The smallest absolute Gasteiger partial charge is 0.303 e. The second-order valence-corrected chi connectivity index (χ2v) is 12.7. The van der Waals surface area contributed by atoms with E-state index in [0.29, 0.717) is 54.5 Å². The van der Waals surface area contributed by atoms with Crippen LogP contribution in [-0.2, 0) is 19.1 Å². The van der Waals surface area contributed by atoms with Crippen LogP contribution in [0.4, 0.5) is 0 Å². The number of aromatic nitrogens is 1. The maximum absolute atomic E-state index is 13.5. The van der Waals surface area contributed by atoms with Crippen molar-refractivity contribution >= 4 is 52.0 Å². The van der Waals surface area contributed by atoms with Crippen molar-refractivity contribution in [2.24, 2.45) is 17.8 Å². The van der Waals surface area contributed by atoms with E-state index < -0.39 is 17.8 Å². The number of benzene rings is 1. The molecule has 4 atom stereocenters. The lowest BCUT2D eigenvalue weighted by Gasteiger charge is -2.31. The monoisotopic (exact) mass is 716 g/mol. The van der Waals surface area contributed by atoms with Crippen molar-refractivity contribution < 1.29 is 39.2 Å². The molecule has 1 aromatic heterocycles. The highest BCUT2D eigenvalue weighted by molar-refractivity contribution is 14.1. The van der Waals surface area contributed by atoms with Gasteiger partial charge in [0.05, 0.1) is 47.5 Å². The molecule has 44 heavy (non-hydrogen) atoms. The van der Waals surface area contributed by atoms with Gasteiger partial charge in [-0.1, -0.05) is 12.5 Å². The molecule has 2 amide bonds. The Morgan fingerprint density at radius 3 is 2.68 bits per heavy atom. The lowest BCUT2D eigenvalue weighted by molar-refractivity contribution is -0.141. The second-order valence-electron chi connectivity index (χ2n) is 11.5. The number of ether oxygens (including phenoxy) is 2. The number of unbranched alkanes of at least 4 members (excludes halogenated alkanes) is 2. The summed E-state index contributed by atoms with van der Waals surface area (Å²) in [6, 6.07) is 9.37. The number of fused-ring (bicyclic) bond motifs is 3. The van der Waals surface area contributed by atoms with Crippen molar-refractivity contribution in [3.8, 4) is 11.5 Å². The molecule has 1 aliphatic carbocycles. The fraction of sp³-hybridized carbons (Fsp3) is 0.455. The molecule has 0 saturated carbocycles. The van der Waals surface area contributed by atoms with Crippen molar-refractivity contribution in [2.45, 2.75) is 51.0 Å². The Bertz CT molecular complexity index is 1470. The fourth-order valence-electron chi connectivity index (χ4n) is 6.78. The van der Waals surface area contributed by atoms with Crippen LogP contribution in [0, 0.1) is 21.3 Å². The summed E-state index contributed by atoms with van der Waals surface area (Å²) in [5.41, 5.74) is 4.34. The Hall–Kier alpha value is -3.29. The first kappa shape index (κ1) is 32.1. The minimum Gasteiger partial charge on any atom is -0.504 e. The number of allylic oxidation sites excluding steroid dienone is 1. The van der Waals surface area contributed by atoms with E-state index >= 15 is 0 Å². The van der Waals surface area contributed by atoms with Gasteiger partial charge >= 0.3 is 5.97 Å². The number of pyridine rings is 1. The Morgan fingerprint density at radius 2 is 1.98 bits per heavy atom. The summed E-state index contributed by atoms with van der Waals surface area (Å²) in [4.78, 5) is 43.6. The number of rotatable bonds is 13. The van der Waals surface area contributed by atoms with Crippen LogP contribution in [-0.4, -0.2) is 76.0 Å². The lowest BCUT2D eigenvalue weighted by atomic mass is 9.69. The number of likely N-dealkylation sites (tertiary alicyclic amines) is 1. The summed E-state index contributed by atoms with van der Waals surface area (Å²) in [6.07, 6.45) is 6.74. The van der Waals surface area contributed by atoms with Gasteiger partial charge in [0.15, 0.2) is 11.5 Å². The number of carbonyl (C=O) groups is 3. The average Bonchev–Trinajstić information content (AvgIpc) is 3.54. The van der Waals surface area contributed by atoms with E-state index in [-0.39, 0.29) is 49.2 Å². The van der Waals surface area contributed by atoms with Crippen LogP contribution in [0.25, 0.3) is 11.6 Å². The van der Waals surface area contributed by atoms with Crippen LogP contribution in [0.15, 0.2) is 47.7 Å². The number of phenolic OH excluding ortho intramolecular Hbond substituents is 1. The molecule has 0 radical (unpaired) electrons. The van der Waals surface area contributed by atoms with Gasteiger partial charge in [-0.3, -0.25) is 24.3 Å². The number of amides is 2. The van der Waals surface area contributed by atoms with Crippen LogP contribution in [0.2, 0.25) is 0 Å². The fourth-order valence-corrected chi connectivity index (χ4v) is 7.40. The third kappa shape index (κ3) is 6.69. The van der Waals surface area contributed by atoms with Crippen molar-refractivity contribution in [2.75, 3.05) is 26.9 Å². The molecule has 0 bridgehead atoms. The number of carboxylic acids is 1. The summed E-state index contributed by atoms with van der Waals surface area (Å²) in [5, 5.41) is 29.5. The van der Waals surface area contributed by atoms with Crippen LogP contribution >= 0.6 is 22.6 Å². The number of imide groups is 1. The molecule has 10 nitrogen and oxygen atoms in total. The minimum absolute atomic E-state index is 0.0702. The number of hydrogen-bond acceptors (Lipinski definition) is 8. The predicted molar refractivity (Wildman–Crippen MR) is 170 cm³/mol. The molecule has 0 spiro atoms. The Labute approximate surface area is 269 Å². The van der Waals surface area contributed by atoms with Crippen LogP contribution in [0.1, 0.15) is 56.2 Å². The zero-order chi connectivity index (χ0) is 31.4. The normalized spacial score (nSPS) is 23.2. The SMILES string of the molecule is COc1cc(/C=C(/CC[C@H]2OC[C@H]3C2=C(CO)C[C@H]2C(=O)N(CCCCCC(=O)O)C(=O)[C@H]23)c2ccccn2)cc(I)c1O. The van der Waals surface area contributed by atoms with Crippen LogP contribution in [0.3, 0.4) is 0 Å². The van der Waals surface area contributed by atoms with Gasteiger partial charge in [-0.25, -0.2) is 0 Å². The number of hydrogen-bond donors (Lipinski definition) is 3. The van der Waals surface area contributed by atoms with Gasteiger partial charge in [0.2, 0.25) is 11.8 Å². The first-order chi connectivity index (χ1) is 21.2. The van der Waals surface area contributed by atoms with Crippen molar-refractivity contribution in [3.05, 3.63) is 62.5 Å². The van der Waals surface area contributed by atoms with E-state index in [9.17, 15) is 24.6 Å². The van der Waals surface area contributed by atoms with E-state index in [2.05, 4.69) is 27.6 Å². The highest BCUT2D eigenvalue weighted by Crippen LogP contribution is 2.50. The van der Waals surface area contributed by atoms with E-state index in [4.69, 9.17) is 14.6 Å². The number of halogens is 1. The number of carboxylic acid groups (broad SMARTS) is 1. The van der Waals surface area contributed by atoms with E-state index in [1.165, 1.54) is 12.0 Å². The number of aliphatic hydroxyl groups excluding tert-OH is 1. The molecule has 0 unspecified atom stereocenters. The standard InChI is InChI=1S/C33H37IN2O8/c1-43-27-15-19(14-24(34)31(27)40)13-20(25-7-4-5-11-35-25)9-10-26-29-21(17-37)16-22-30(23(29)18-44-26)33(42)36(32(22)41)12-6-2-3-8-28(38)39/h4-5,7,11,13-15,22-23,26,30,37,40H,2-3,6,8-10,12,16-18H2,1H3,(H,38,39)/b20-13-/t22-,23+,26-,30-/m1/s1. The zero-order valence-corrected chi connectivity index (χ0v) is 26.7. The maximum Gasteiger partial charge on any atom is 0.303 e. The molecule has 2 saturated heterocycles. The average molecular weight is 717 g/mol. The molecular formula is C33H37IN2O8. The Balaban J connectivity index is 1.34. The van der Waals surface area contributed by atoms with Gasteiger partial charge in [0.25, 0.3) is 0 Å². The van der Waals surface area contributed by atoms with Crippen molar-refractivity contribution in [1.29, 1.82) is 0 Å². The number of nitrogens with zero attached hydrogens (tertiary/aromatic N) is 2. The summed E-state index contributed by atoms with van der Waals surface area (Å²) < 4.78 is 12.3. The zero-order valence-electron chi connectivity index (χ0n) is 24.6. The number of phenols is 1. The number of carbonyl (C=O) groups excluding carboxylic acids is 2. The third-order valence-electron chi connectivity index (χ3n) is 8.84. The van der Waals surface area contributed by atoms with Crippen LogP contribution < -0.4 is 4.74 Å². The molecule has 2 aliphatic heterocycles. The predicted octanol–water partition coefficient (Wildman–Crippen LogP) is 4.68. The highest BCUT2D eigenvalue weighted by atomic mass is 127. The molecule has 5 rings (SSSR count). The first-order valence-corrected chi connectivity index (χ1v) is 16.0. The molecule has 1 aromatic carbocycles. The van der Waals surface area contributed by atoms with Gasteiger partial charge in [-0.2, -0.15) is 0 Å². The quantitative estimate of drug-likeness (QED) is 0.117. The van der Waals surface area contributed by atoms with Crippen molar-refractivity contribution in [1.82, 2.24) is 9.88 Å². The van der Waals surface area contributed by atoms with Gasteiger partial charge in [-0.15, -0.1) is 0 Å². The number of aliphatic hydroxyl groups is 1. The lowest BCUT2D eigenvalue weighted by Crippen LogP contribution is -2.35. The summed E-state index contributed by atoms with van der Waals surface area (Å²) in [6.45, 7) is 0.399. The highest BCUT2D eigenvalue weighted by Gasteiger charge is 2.56. The molecular weight excluding hydrogens is 679 g/mol. The summed E-state index contributed by atoms with van der Waals surface area (Å²) in [7, 11) is 1.51. The molecule has 11 heteroatoms. The second kappa shape index (κ2) is 14.2. The molecule has 3 N–H and O–H groups in total. The van der Waals surface area contributed by atoms with Gasteiger partial charge in [0, 0.05) is 25.1 Å². The summed E-state index contributed by atoms with van der Waals surface area (Å²) in [5.74, 6) is -2.05. The molecule has 234 valence electrons. The minimum atomic E-state index is -0.853. The molecule has 2 aromatic rings. The third-order valence-corrected chi connectivity index (χ3v) is 9.67. The first-order valence-electron chi connectivity index (χ1n) is 14.9. The number of aliphatic carboxylic acids is 1.